The van der Waals surface area contributed by atoms with E-state index in [1.807, 2.05) is 46.4 Å². The Balaban J connectivity index is 1.57. The van der Waals surface area contributed by atoms with Crippen LogP contribution in [0.15, 0.2) is 42.0 Å². The third-order valence-electron chi connectivity index (χ3n) is 3.84. The summed E-state index contributed by atoms with van der Waals surface area (Å²) in [5.74, 6) is 0.498. The number of para-hydroxylation sites is 2. The largest absolute Gasteiger partial charge is 0.310 e. The standard InChI is InChI=1S/C17H17N5OS/c1-2-7-22-14-6-4-3-5-13(14)19-16(22)20-15(23)10-12-11-21-8-9-24-17(21)18-12/h3-6,8-9,11H,2,7,10H2,1H3,(H,19,20,23). The summed E-state index contributed by atoms with van der Waals surface area (Å²) in [6.07, 6.45) is 5.04. The number of carbonyl (C=O) groups excluding carboxylic acids is 1. The van der Waals surface area contributed by atoms with E-state index in [1.54, 1.807) is 11.3 Å². The van der Waals surface area contributed by atoms with Gasteiger partial charge < -0.3 is 4.57 Å². The number of imidazole rings is 2. The van der Waals surface area contributed by atoms with Gasteiger partial charge in [-0.15, -0.1) is 11.3 Å². The van der Waals surface area contributed by atoms with E-state index >= 15 is 0 Å². The van der Waals surface area contributed by atoms with E-state index in [-0.39, 0.29) is 12.3 Å². The summed E-state index contributed by atoms with van der Waals surface area (Å²) in [4.78, 5) is 22.3. The number of fused-ring (bicyclic) bond motifs is 2. The minimum atomic E-state index is -0.103. The number of hydrogen-bond donors (Lipinski definition) is 1. The highest BCUT2D eigenvalue weighted by Gasteiger charge is 2.14. The average molecular weight is 339 g/mol. The predicted octanol–water partition coefficient (Wildman–Crippen LogP) is 3.34. The van der Waals surface area contributed by atoms with Gasteiger partial charge in [-0.3, -0.25) is 14.5 Å². The van der Waals surface area contributed by atoms with Crippen molar-refractivity contribution in [3.8, 4) is 0 Å². The van der Waals surface area contributed by atoms with Crippen molar-refractivity contribution in [2.24, 2.45) is 0 Å². The van der Waals surface area contributed by atoms with Gasteiger partial charge in [-0.2, -0.15) is 0 Å². The lowest BCUT2D eigenvalue weighted by atomic mass is 10.3. The zero-order chi connectivity index (χ0) is 16.5. The highest BCUT2D eigenvalue weighted by atomic mass is 32.1. The van der Waals surface area contributed by atoms with E-state index in [2.05, 4.69) is 26.8 Å². The van der Waals surface area contributed by atoms with Gasteiger partial charge in [0.05, 0.1) is 23.1 Å². The van der Waals surface area contributed by atoms with Crippen LogP contribution in [0.2, 0.25) is 0 Å². The lowest BCUT2D eigenvalue weighted by Gasteiger charge is -2.08. The molecule has 4 rings (SSSR count). The van der Waals surface area contributed by atoms with Gasteiger partial charge in [0, 0.05) is 24.3 Å². The summed E-state index contributed by atoms with van der Waals surface area (Å²) >= 11 is 1.55. The molecule has 0 bridgehead atoms. The van der Waals surface area contributed by atoms with Gasteiger partial charge in [0.1, 0.15) is 0 Å². The second-order valence-electron chi connectivity index (χ2n) is 5.63. The number of amides is 1. The molecule has 0 atom stereocenters. The van der Waals surface area contributed by atoms with E-state index in [9.17, 15) is 4.79 Å². The molecule has 0 spiro atoms. The number of hydrogen-bond acceptors (Lipinski definition) is 4. The van der Waals surface area contributed by atoms with Crippen LogP contribution >= 0.6 is 11.3 Å². The van der Waals surface area contributed by atoms with Crippen LogP contribution in [0.25, 0.3) is 16.0 Å². The van der Waals surface area contributed by atoms with Crippen LogP contribution in [0.5, 0.6) is 0 Å². The molecule has 3 heterocycles. The van der Waals surface area contributed by atoms with Crippen LogP contribution in [0, 0.1) is 0 Å². The van der Waals surface area contributed by atoms with Gasteiger partial charge in [0.2, 0.25) is 11.9 Å². The number of anilines is 1. The molecule has 0 radical (unpaired) electrons. The maximum absolute atomic E-state index is 12.4. The molecule has 24 heavy (non-hydrogen) atoms. The Kier molecular flexibility index (Phi) is 3.78. The van der Waals surface area contributed by atoms with Crippen molar-refractivity contribution in [3.63, 3.8) is 0 Å². The zero-order valence-corrected chi connectivity index (χ0v) is 14.1. The van der Waals surface area contributed by atoms with Crippen LogP contribution in [0.4, 0.5) is 5.95 Å². The molecular formula is C17H17N5OS. The summed E-state index contributed by atoms with van der Waals surface area (Å²) in [6, 6.07) is 7.92. The molecule has 0 aliphatic carbocycles. The summed E-state index contributed by atoms with van der Waals surface area (Å²) in [7, 11) is 0. The van der Waals surface area contributed by atoms with Crippen molar-refractivity contribution in [1.82, 2.24) is 18.9 Å². The number of aromatic nitrogens is 4. The number of benzene rings is 1. The Bertz CT molecular complexity index is 984. The molecule has 0 aliphatic heterocycles. The minimum absolute atomic E-state index is 0.103. The van der Waals surface area contributed by atoms with E-state index < -0.39 is 0 Å². The fraction of sp³-hybridized carbons (Fsp3) is 0.235. The smallest absolute Gasteiger partial charge is 0.232 e. The molecule has 0 aliphatic rings. The number of carbonyl (C=O) groups is 1. The quantitative estimate of drug-likeness (QED) is 0.606. The zero-order valence-electron chi connectivity index (χ0n) is 13.3. The predicted molar refractivity (Wildman–Crippen MR) is 95.4 cm³/mol. The normalized spacial score (nSPS) is 11.4. The molecule has 1 amide bonds. The molecule has 4 aromatic rings. The third kappa shape index (κ3) is 2.67. The van der Waals surface area contributed by atoms with Crippen molar-refractivity contribution < 1.29 is 4.79 Å². The SMILES string of the molecule is CCCn1c(NC(=O)Cc2cn3ccsc3n2)nc2ccccc21. The number of nitrogens with zero attached hydrogens (tertiary/aromatic N) is 4. The maximum atomic E-state index is 12.4. The molecule has 7 heteroatoms. The van der Waals surface area contributed by atoms with Crippen molar-refractivity contribution in [1.29, 1.82) is 0 Å². The first kappa shape index (κ1) is 14.9. The number of thiazole rings is 1. The lowest BCUT2D eigenvalue weighted by Crippen LogP contribution is -2.18. The Morgan fingerprint density at radius 1 is 1.29 bits per heavy atom. The monoisotopic (exact) mass is 339 g/mol. The van der Waals surface area contributed by atoms with Crippen LogP contribution in [0.3, 0.4) is 0 Å². The van der Waals surface area contributed by atoms with Gasteiger partial charge >= 0.3 is 0 Å². The Hall–Kier alpha value is -2.67. The summed E-state index contributed by atoms with van der Waals surface area (Å²) < 4.78 is 3.98. The van der Waals surface area contributed by atoms with Gasteiger partial charge in [0.15, 0.2) is 4.96 Å². The Morgan fingerprint density at radius 2 is 2.17 bits per heavy atom. The second kappa shape index (κ2) is 6.09. The fourth-order valence-corrected chi connectivity index (χ4v) is 3.53. The van der Waals surface area contributed by atoms with Crippen LogP contribution in [-0.4, -0.2) is 24.8 Å². The highest BCUT2D eigenvalue weighted by Crippen LogP contribution is 2.20. The molecule has 0 saturated carbocycles. The molecule has 0 fully saturated rings. The molecule has 122 valence electrons. The summed E-state index contributed by atoms with van der Waals surface area (Å²) in [6.45, 7) is 2.93. The molecule has 3 aromatic heterocycles. The number of aryl methyl sites for hydroxylation is 1. The van der Waals surface area contributed by atoms with Crippen LogP contribution in [0.1, 0.15) is 19.0 Å². The van der Waals surface area contributed by atoms with Crippen molar-refractivity contribution in [3.05, 3.63) is 47.7 Å². The van der Waals surface area contributed by atoms with Crippen molar-refractivity contribution >= 4 is 39.2 Å². The maximum Gasteiger partial charge on any atom is 0.232 e. The van der Waals surface area contributed by atoms with E-state index in [0.29, 0.717) is 5.95 Å². The Labute approximate surface area is 142 Å². The summed E-state index contributed by atoms with van der Waals surface area (Å²) in [5, 5.41) is 4.91. The van der Waals surface area contributed by atoms with E-state index in [4.69, 9.17) is 0 Å². The average Bonchev–Trinajstić information content (AvgIpc) is 3.22. The van der Waals surface area contributed by atoms with Crippen molar-refractivity contribution in [2.75, 3.05) is 5.32 Å². The molecule has 1 N–H and O–H groups in total. The number of rotatable bonds is 5. The van der Waals surface area contributed by atoms with Gasteiger partial charge in [-0.05, 0) is 18.6 Å². The number of nitrogens with one attached hydrogen (secondary N) is 1. The molecule has 0 saturated heterocycles. The Morgan fingerprint density at radius 3 is 3.00 bits per heavy atom. The third-order valence-corrected chi connectivity index (χ3v) is 4.61. The van der Waals surface area contributed by atoms with Gasteiger partial charge in [-0.25, -0.2) is 9.97 Å². The van der Waals surface area contributed by atoms with E-state index in [0.717, 1.165) is 34.7 Å². The van der Waals surface area contributed by atoms with Crippen LogP contribution < -0.4 is 5.32 Å². The first-order chi connectivity index (χ1) is 11.7. The van der Waals surface area contributed by atoms with Gasteiger partial charge in [-0.1, -0.05) is 19.1 Å². The molecular weight excluding hydrogens is 322 g/mol. The van der Waals surface area contributed by atoms with E-state index in [1.165, 1.54) is 0 Å². The summed E-state index contributed by atoms with van der Waals surface area (Å²) in [5.41, 5.74) is 2.69. The first-order valence-corrected chi connectivity index (χ1v) is 8.79. The van der Waals surface area contributed by atoms with Crippen molar-refractivity contribution in [2.45, 2.75) is 26.3 Å². The topological polar surface area (TPSA) is 64.2 Å². The molecule has 6 nitrogen and oxygen atoms in total. The van der Waals surface area contributed by atoms with Crippen LogP contribution in [-0.2, 0) is 17.8 Å². The molecule has 1 aromatic carbocycles. The van der Waals surface area contributed by atoms with Gasteiger partial charge in [0.25, 0.3) is 0 Å². The second-order valence-corrected chi connectivity index (χ2v) is 6.50. The fourth-order valence-electron chi connectivity index (χ4n) is 2.82. The minimum Gasteiger partial charge on any atom is -0.310 e. The highest BCUT2D eigenvalue weighted by molar-refractivity contribution is 7.15. The molecule has 0 unspecified atom stereocenters. The lowest BCUT2D eigenvalue weighted by molar-refractivity contribution is -0.115. The first-order valence-electron chi connectivity index (χ1n) is 7.91.